The first kappa shape index (κ1) is 19.3. The van der Waals surface area contributed by atoms with Crippen LogP contribution < -0.4 is 9.47 Å². The minimum absolute atomic E-state index is 0.103. The Kier molecular flexibility index (Phi) is 5.78. The van der Waals surface area contributed by atoms with Crippen molar-refractivity contribution in [3.63, 3.8) is 0 Å². The van der Waals surface area contributed by atoms with Gasteiger partial charge in [-0.15, -0.1) is 0 Å². The summed E-state index contributed by atoms with van der Waals surface area (Å²) in [4.78, 5) is 12.7. The van der Waals surface area contributed by atoms with E-state index in [4.69, 9.17) is 32.7 Å². The second-order valence-corrected chi connectivity index (χ2v) is 6.95. The van der Waals surface area contributed by atoms with Crippen LogP contribution in [-0.2, 0) is 0 Å². The maximum Gasteiger partial charge on any atom is 0.202 e. The van der Waals surface area contributed by atoms with Crippen molar-refractivity contribution >= 4 is 29.0 Å². The lowest BCUT2D eigenvalue weighted by Gasteiger charge is -2.11. The fourth-order valence-corrected chi connectivity index (χ4v) is 3.45. The van der Waals surface area contributed by atoms with Crippen LogP contribution in [0.15, 0.2) is 48.5 Å². The molecule has 0 amide bonds. The standard InChI is InChI=1S/C21H19Cl2NO3/c1-13-10-18(14(2)24(13)16-5-7-17(26-3)8-6-16)20(25)12-27-21-9-4-15(22)11-19(21)23/h4-11H,12H2,1-3H3. The number of carbonyl (C=O) groups excluding carboxylic acids is 1. The molecule has 140 valence electrons. The van der Waals surface area contributed by atoms with Crippen molar-refractivity contribution in [2.24, 2.45) is 0 Å². The normalized spacial score (nSPS) is 10.7. The smallest absolute Gasteiger partial charge is 0.202 e. The van der Waals surface area contributed by atoms with Gasteiger partial charge in [-0.05, 0) is 62.4 Å². The summed E-state index contributed by atoms with van der Waals surface area (Å²) in [6, 6.07) is 14.5. The van der Waals surface area contributed by atoms with Crippen LogP contribution in [-0.4, -0.2) is 24.1 Å². The quantitative estimate of drug-likeness (QED) is 0.497. The summed E-state index contributed by atoms with van der Waals surface area (Å²) in [6.07, 6.45) is 0. The first-order chi connectivity index (χ1) is 12.9. The number of nitrogens with zero attached hydrogens (tertiary/aromatic N) is 1. The van der Waals surface area contributed by atoms with E-state index in [-0.39, 0.29) is 12.4 Å². The Morgan fingerprint density at radius 1 is 1.04 bits per heavy atom. The van der Waals surface area contributed by atoms with Crippen molar-refractivity contribution < 1.29 is 14.3 Å². The maximum absolute atomic E-state index is 12.7. The number of methoxy groups -OCH3 is 1. The summed E-state index contributed by atoms with van der Waals surface area (Å²) in [5.41, 5.74) is 3.40. The van der Waals surface area contributed by atoms with E-state index in [2.05, 4.69) is 0 Å². The number of benzene rings is 2. The highest BCUT2D eigenvalue weighted by molar-refractivity contribution is 6.35. The summed E-state index contributed by atoms with van der Waals surface area (Å²) in [5.74, 6) is 1.10. The van der Waals surface area contributed by atoms with Crippen molar-refractivity contribution in [1.29, 1.82) is 0 Å². The van der Waals surface area contributed by atoms with E-state index in [1.807, 2.05) is 48.7 Å². The van der Waals surface area contributed by atoms with Gasteiger partial charge in [0, 0.05) is 27.7 Å². The van der Waals surface area contributed by atoms with E-state index in [0.717, 1.165) is 22.8 Å². The van der Waals surface area contributed by atoms with Gasteiger partial charge in [0.25, 0.3) is 0 Å². The molecule has 2 aromatic carbocycles. The third-order valence-electron chi connectivity index (χ3n) is 4.31. The van der Waals surface area contributed by atoms with E-state index < -0.39 is 0 Å². The SMILES string of the molecule is COc1ccc(-n2c(C)cc(C(=O)COc3ccc(Cl)cc3Cl)c2C)cc1. The molecule has 0 atom stereocenters. The molecular weight excluding hydrogens is 385 g/mol. The van der Waals surface area contributed by atoms with E-state index in [1.54, 1.807) is 25.3 Å². The Bertz CT molecular complexity index is 978. The van der Waals surface area contributed by atoms with Gasteiger partial charge in [-0.3, -0.25) is 4.79 Å². The molecule has 6 heteroatoms. The number of aromatic nitrogens is 1. The zero-order chi connectivity index (χ0) is 19.6. The molecule has 0 N–H and O–H groups in total. The first-order valence-corrected chi connectivity index (χ1v) is 9.10. The highest BCUT2D eigenvalue weighted by atomic mass is 35.5. The summed E-state index contributed by atoms with van der Waals surface area (Å²) in [7, 11) is 1.63. The molecule has 3 aromatic rings. The highest BCUT2D eigenvalue weighted by Gasteiger charge is 2.17. The predicted octanol–water partition coefficient (Wildman–Crippen LogP) is 5.67. The highest BCUT2D eigenvalue weighted by Crippen LogP contribution is 2.28. The third-order valence-corrected chi connectivity index (χ3v) is 4.85. The summed E-state index contributed by atoms with van der Waals surface area (Å²) in [5, 5.41) is 0.890. The monoisotopic (exact) mass is 403 g/mol. The average Bonchev–Trinajstić information content (AvgIpc) is 2.95. The number of carbonyl (C=O) groups is 1. The Hall–Kier alpha value is -2.43. The van der Waals surface area contributed by atoms with Crippen LogP contribution in [0.2, 0.25) is 10.0 Å². The molecule has 27 heavy (non-hydrogen) atoms. The molecule has 0 bridgehead atoms. The van der Waals surface area contributed by atoms with Crippen LogP contribution in [0, 0.1) is 13.8 Å². The Morgan fingerprint density at radius 3 is 2.37 bits per heavy atom. The zero-order valence-corrected chi connectivity index (χ0v) is 16.8. The largest absolute Gasteiger partial charge is 0.497 e. The number of hydrogen-bond donors (Lipinski definition) is 0. The van der Waals surface area contributed by atoms with Crippen LogP contribution in [0.25, 0.3) is 5.69 Å². The summed E-state index contributed by atoms with van der Waals surface area (Å²) in [6.45, 7) is 3.78. The number of ether oxygens (including phenoxy) is 2. The second-order valence-electron chi connectivity index (χ2n) is 6.10. The lowest BCUT2D eigenvalue weighted by atomic mass is 10.1. The van der Waals surface area contributed by atoms with Gasteiger partial charge in [0.2, 0.25) is 5.78 Å². The molecule has 0 unspecified atom stereocenters. The van der Waals surface area contributed by atoms with Crippen LogP contribution >= 0.6 is 23.2 Å². The maximum atomic E-state index is 12.7. The van der Waals surface area contributed by atoms with Gasteiger partial charge < -0.3 is 14.0 Å². The number of halogens is 2. The van der Waals surface area contributed by atoms with Crippen LogP contribution in [0.5, 0.6) is 11.5 Å². The van der Waals surface area contributed by atoms with Gasteiger partial charge in [-0.2, -0.15) is 0 Å². The number of rotatable bonds is 6. The van der Waals surface area contributed by atoms with Gasteiger partial charge in [0.1, 0.15) is 11.5 Å². The molecule has 0 aliphatic rings. The van der Waals surface area contributed by atoms with Gasteiger partial charge in [-0.1, -0.05) is 23.2 Å². The van der Waals surface area contributed by atoms with E-state index in [1.165, 1.54) is 0 Å². The topological polar surface area (TPSA) is 40.5 Å². The molecule has 4 nitrogen and oxygen atoms in total. The Balaban J connectivity index is 1.81. The van der Waals surface area contributed by atoms with Crippen molar-refractivity contribution in [2.75, 3.05) is 13.7 Å². The minimum atomic E-state index is -0.117. The van der Waals surface area contributed by atoms with E-state index in [9.17, 15) is 4.79 Å². The lowest BCUT2D eigenvalue weighted by Crippen LogP contribution is -2.13. The number of hydrogen-bond acceptors (Lipinski definition) is 3. The molecule has 0 saturated carbocycles. The fraction of sp³-hybridized carbons (Fsp3) is 0.190. The van der Waals surface area contributed by atoms with Gasteiger partial charge in [0.05, 0.1) is 12.1 Å². The Labute approximate surface area is 168 Å². The van der Waals surface area contributed by atoms with Gasteiger partial charge >= 0.3 is 0 Å². The van der Waals surface area contributed by atoms with Crippen molar-refractivity contribution in [3.8, 4) is 17.2 Å². The molecule has 0 saturated heterocycles. The number of aryl methyl sites for hydroxylation is 1. The molecule has 3 rings (SSSR count). The van der Waals surface area contributed by atoms with Crippen molar-refractivity contribution in [2.45, 2.75) is 13.8 Å². The average molecular weight is 404 g/mol. The molecule has 0 fully saturated rings. The molecule has 1 heterocycles. The molecule has 0 aliphatic carbocycles. The number of ketones is 1. The minimum Gasteiger partial charge on any atom is -0.497 e. The van der Waals surface area contributed by atoms with Crippen molar-refractivity contribution in [1.82, 2.24) is 4.57 Å². The van der Waals surface area contributed by atoms with Crippen molar-refractivity contribution in [3.05, 3.63) is 75.5 Å². The zero-order valence-electron chi connectivity index (χ0n) is 15.3. The molecule has 1 aromatic heterocycles. The first-order valence-electron chi connectivity index (χ1n) is 8.35. The second kappa shape index (κ2) is 8.07. The fourth-order valence-electron chi connectivity index (χ4n) is 2.99. The van der Waals surface area contributed by atoms with Gasteiger partial charge in [0.15, 0.2) is 6.61 Å². The lowest BCUT2D eigenvalue weighted by molar-refractivity contribution is 0.0921. The summed E-state index contributed by atoms with van der Waals surface area (Å²) >= 11 is 12.0. The van der Waals surface area contributed by atoms with Crippen LogP contribution in [0.3, 0.4) is 0 Å². The van der Waals surface area contributed by atoms with E-state index in [0.29, 0.717) is 21.4 Å². The molecule has 0 aliphatic heterocycles. The predicted molar refractivity (Wildman–Crippen MR) is 108 cm³/mol. The summed E-state index contributed by atoms with van der Waals surface area (Å²) < 4.78 is 12.8. The third kappa shape index (κ3) is 4.12. The van der Waals surface area contributed by atoms with Crippen LogP contribution in [0.1, 0.15) is 21.7 Å². The van der Waals surface area contributed by atoms with Crippen LogP contribution in [0.4, 0.5) is 0 Å². The molecule has 0 spiro atoms. The van der Waals surface area contributed by atoms with E-state index >= 15 is 0 Å². The van der Waals surface area contributed by atoms with Gasteiger partial charge in [-0.25, -0.2) is 0 Å². The Morgan fingerprint density at radius 2 is 1.74 bits per heavy atom. The molecule has 0 radical (unpaired) electrons. The molecular formula is C21H19Cl2NO3. The number of Topliss-reactive ketones (excluding diaryl/α,β-unsaturated/α-hetero) is 1.